The Kier molecular flexibility index (Phi) is 4.79. The van der Waals surface area contributed by atoms with Crippen LogP contribution >= 0.6 is 11.8 Å². The molecular weight excluding hydrogens is 204 g/mol. The van der Waals surface area contributed by atoms with Gasteiger partial charge in [-0.2, -0.15) is 11.8 Å². The molecule has 1 unspecified atom stereocenters. The van der Waals surface area contributed by atoms with Crippen molar-refractivity contribution in [2.24, 2.45) is 0 Å². The second-order valence-electron chi connectivity index (χ2n) is 4.87. The van der Waals surface area contributed by atoms with Gasteiger partial charge in [0.05, 0.1) is 0 Å². The lowest BCUT2D eigenvalue weighted by atomic mass is 10.2. The fourth-order valence-corrected chi connectivity index (χ4v) is 2.89. The van der Waals surface area contributed by atoms with E-state index in [0.29, 0.717) is 0 Å². The van der Waals surface area contributed by atoms with Gasteiger partial charge < -0.3 is 5.32 Å². The number of nitrogens with zero attached hydrogens (tertiary/aromatic N) is 1. The summed E-state index contributed by atoms with van der Waals surface area (Å²) in [5.41, 5.74) is 0. The van der Waals surface area contributed by atoms with E-state index in [-0.39, 0.29) is 0 Å². The number of nitrogens with one attached hydrogen (secondary N) is 1. The van der Waals surface area contributed by atoms with Crippen LogP contribution in [0.4, 0.5) is 0 Å². The van der Waals surface area contributed by atoms with Crippen molar-refractivity contribution < 1.29 is 0 Å². The number of hydrogen-bond donors (Lipinski definition) is 1. The number of hydrogen-bond acceptors (Lipinski definition) is 3. The Morgan fingerprint density at radius 3 is 2.80 bits per heavy atom. The summed E-state index contributed by atoms with van der Waals surface area (Å²) in [5, 5.41) is 3.61. The van der Waals surface area contributed by atoms with Crippen molar-refractivity contribution in [2.75, 3.05) is 31.6 Å². The average molecular weight is 228 g/mol. The monoisotopic (exact) mass is 228 g/mol. The molecule has 1 saturated carbocycles. The van der Waals surface area contributed by atoms with Crippen molar-refractivity contribution >= 4 is 11.8 Å². The highest BCUT2D eigenvalue weighted by Gasteiger charge is 2.30. The Balaban J connectivity index is 1.68. The van der Waals surface area contributed by atoms with Crippen LogP contribution in [-0.4, -0.2) is 48.6 Å². The molecule has 1 heterocycles. The zero-order chi connectivity index (χ0) is 10.5. The lowest BCUT2D eigenvalue weighted by molar-refractivity contribution is 0.240. The van der Waals surface area contributed by atoms with Crippen LogP contribution in [0.25, 0.3) is 0 Å². The first-order valence-corrected chi connectivity index (χ1v) is 7.76. The van der Waals surface area contributed by atoms with Gasteiger partial charge in [-0.25, -0.2) is 0 Å². The van der Waals surface area contributed by atoms with Gasteiger partial charge in [0, 0.05) is 18.6 Å². The predicted molar refractivity (Wildman–Crippen MR) is 68.6 cm³/mol. The lowest BCUT2D eigenvalue weighted by Crippen LogP contribution is -2.39. The molecule has 1 aliphatic carbocycles. The van der Waals surface area contributed by atoms with E-state index in [4.69, 9.17) is 0 Å². The van der Waals surface area contributed by atoms with Crippen molar-refractivity contribution in [3.8, 4) is 0 Å². The maximum absolute atomic E-state index is 3.61. The van der Waals surface area contributed by atoms with Gasteiger partial charge in [0.25, 0.3) is 0 Å². The summed E-state index contributed by atoms with van der Waals surface area (Å²) in [4.78, 5) is 2.74. The molecule has 2 rings (SSSR count). The molecule has 0 bridgehead atoms. The number of thioether (sulfide) groups is 1. The average Bonchev–Trinajstić information content (AvgIpc) is 2.97. The number of rotatable bonds is 7. The highest BCUT2D eigenvalue weighted by molar-refractivity contribution is 7.98. The van der Waals surface area contributed by atoms with Crippen LogP contribution in [0, 0.1) is 0 Å². The molecule has 2 aliphatic rings. The molecule has 0 aromatic heterocycles. The van der Waals surface area contributed by atoms with Gasteiger partial charge in [-0.15, -0.1) is 0 Å². The van der Waals surface area contributed by atoms with E-state index in [2.05, 4.69) is 16.5 Å². The molecule has 1 N–H and O–H groups in total. The van der Waals surface area contributed by atoms with E-state index in [1.54, 1.807) is 0 Å². The van der Waals surface area contributed by atoms with Gasteiger partial charge in [-0.05, 0) is 57.2 Å². The summed E-state index contributed by atoms with van der Waals surface area (Å²) < 4.78 is 0. The Hall–Kier alpha value is 0.270. The Bertz CT molecular complexity index is 176. The van der Waals surface area contributed by atoms with Crippen LogP contribution in [0.2, 0.25) is 0 Å². The molecule has 2 nitrogen and oxygen atoms in total. The van der Waals surface area contributed by atoms with Gasteiger partial charge in [0.15, 0.2) is 0 Å². The SMILES string of the molecule is CSCCCN(CC1CCCN1)C1CC1. The van der Waals surface area contributed by atoms with E-state index in [1.165, 1.54) is 57.5 Å². The van der Waals surface area contributed by atoms with Gasteiger partial charge in [-0.3, -0.25) is 4.90 Å². The zero-order valence-electron chi connectivity index (χ0n) is 9.87. The van der Waals surface area contributed by atoms with Crippen molar-refractivity contribution in [3.05, 3.63) is 0 Å². The lowest BCUT2D eigenvalue weighted by Gasteiger charge is -2.25. The van der Waals surface area contributed by atoms with Gasteiger partial charge in [0.1, 0.15) is 0 Å². The molecule has 3 heteroatoms. The fraction of sp³-hybridized carbons (Fsp3) is 1.00. The first-order chi connectivity index (χ1) is 7.40. The molecule has 0 aromatic rings. The predicted octanol–water partition coefficient (Wildman–Crippen LogP) is 1.96. The van der Waals surface area contributed by atoms with Crippen LogP contribution in [0.5, 0.6) is 0 Å². The third-order valence-electron chi connectivity index (χ3n) is 3.47. The highest BCUT2D eigenvalue weighted by atomic mass is 32.2. The largest absolute Gasteiger partial charge is 0.313 e. The molecule has 0 radical (unpaired) electrons. The highest BCUT2D eigenvalue weighted by Crippen LogP contribution is 2.27. The van der Waals surface area contributed by atoms with E-state index in [9.17, 15) is 0 Å². The van der Waals surface area contributed by atoms with Gasteiger partial charge >= 0.3 is 0 Å². The molecule has 88 valence electrons. The van der Waals surface area contributed by atoms with Crippen LogP contribution in [0.15, 0.2) is 0 Å². The molecule has 0 amide bonds. The maximum Gasteiger partial charge on any atom is 0.0195 e. The van der Waals surface area contributed by atoms with E-state index >= 15 is 0 Å². The van der Waals surface area contributed by atoms with Crippen LogP contribution in [0.3, 0.4) is 0 Å². The summed E-state index contributed by atoms with van der Waals surface area (Å²) in [6.07, 6.45) is 9.25. The van der Waals surface area contributed by atoms with E-state index in [0.717, 1.165) is 12.1 Å². The molecule has 1 saturated heterocycles. The minimum Gasteiger partial charge on any atom is -0.313 e. The molecule has 1 atom stereocenters. The molecule has 1 aliphatic heterocycles. The summed E-state index contributed by atoms with van der Waals surface area (Å²) in [6, 6.07) is 1.73. The third kappa shape index (κ3) is 3.97. The minimum absolute atomic E-state index is 0.792. The van der Waals surface area contributed by atoms with E-state index < -0.39 is 0 Å². The quantitative estimate of drug-likeness (QED) is 0.671. The Morgan fingerprint density at radius 1 is 1.33 bits per heavy atom. The Labute approximate surface area is 98.2 Å². The molecule has 2 fully saturated rings. The summed E-state index contributed by atoms with van der Waals surface area (Å²) in [7, 11) is 0. The first kappa shape index (κ1) is 11.7. The second kappa shape index (κ2) is 6.12. The molecule has 0 aromatic carbocycles. The summed E-state index contributed by atoms with van der Waals surface area (Å²) >= 11 is 1.98. The van der Waals surface area contributed by atoms with Crippen LogP contribution in [0.1, 0.15) is 32.1 Å². The topological polar surface area (TPSA) is 15.3 Å². The summed E-state index contributed by atoms with van der Waals surface area (Å²) in [6.45, 7) is 3.87. The third-order valence-corrected chi connectivity index (χ3v) is 4.17. The van der Waals surface area contributed by atoms with Crippen molar-refractivity contribution in [1.29, 1.82) is 0 Å². The van der Waals surface area contributed by atoms with Crippen molar-refractivity contribution in [2.45, 2.75) is 44.2 Å². The normalized spacial score (nSPS) is 26.4. The van der Waals surface area contributed by atoms with Crippen molar-refractivity contribution in [1.82, 2.24) is 10.2 Å². The zero-order valence-corrected chi connectivity index (χ0v) is 10.7. The van der Waals surface area contributed by atoms with Crippen molar-refractivity contribution in [3.63, 3.8) is 0 Å². The first-order valence-electron chi connectivity index (χ1n) is 6.36. The van der Waals surface area contributed by atoms with Crippen LogP contribution in [-0.2, 0) is 0 Å². The van der Waals surface area contributed by atoms with Crippen LogP contribution < -0.4 is 5.32 Å². The van der Waals surface area contributed by atoms with E-state index in [1.807, 2.05) is 11.8 Å². The minimum atomic E-state index is 0.792. The van der Waals surface area contributed by atoms with Gasteiger partial charge in [-0.1, -0.05) is 0 Å². The van der Waals surface area contributed by atoms with Gasteiger partial charge in [0.2, 0.25) is 0 Å². The second-order valence-corrected chi connectivity index (χ2v) is 5.85. The smallest absolute Gasteiger partial charge is 0.0195 e. The Morgan fingerprint density at radius 2 is 2.20 bits per heavy atom. The maximum atomic E-state index is 3.61. The molecular formula is C12H24N2S. The summed E-state index contributed by atoms with van der Waals surface area (Å²) in [5.74, 6) is 1.32. The molecule has 0 spiro atoms. The standard InChI is InChI=1S/C12H24N2S/c1-15-9-3-8-14(12-5-6-12)10-11-4-2-7-13-11/h11-13H,2-10H2,1H3. The molecule has 15 heavy (non-hydrogen) atoms. The fourth-order valence-electron chi connectivity index (χ4n) is 2.47.